The highest BCUT2D eigenvalue weighted by Gasteiger charge is 2.26. The molecule has 0 saturated carbocycles. The molecule has 1 unspecified atom stereocenters. The van der Waals surface area contributed by atoms with Gasteiger partial charge in [-0.2, -0.15) is 0 Å². The average Bonchev–Trinajstić information content (AvgIpc) is 2.65. The Labute approximate surface area is 101 Å². The quantitative estimate of drug-likeness (QED) is 0.906. The van der Waals surface area contributed by atoms with Crippen molar-refractivity contribution in [2.24, 2.45) is 0 Å². The van der Waals surface area contributed by atoms with Crippen LogP contribution in [0.15, 0.2) is 11.4 Å². The summed E-state index contributed by atoms with van der Waals surface area (Å²) >= 11 is 1.73. The van der Waals surface area contributed by atoms with Crippen LogP contribution in [0.25, 0.3) is 0 Å². The van der Waals surface area contributed by atoms with Gasteiger partial charge >= 0.3 is 0 Å². The molecule has 0 aromatic carbocycles. The lowest BCUT2D eigenvalue weighted by Crippen LogP contribution is -2.35. The van der Waals surface area contributed by atoms with Crippen molar-refractivity contribution in [3.05, 3.63) is 21.9 Å². The van der Waals surface area contributed by atoms with Crippen LogP contribution in [0, 0.1) is 0 Å². The van der Waals surface area contributed by atoms with Gasteiger partial charge < -0.3 is 0 Å². The van der Waals surface area contributed by atoms with E-state index in [9.17, 15) is 8.42 Å². The van der Waals surface area contributed by atoms with Crippen molar-refractivity contribution in [3.8, 4) is 0 Å². The second-order valence-electron chi connectivity index (χ2n) is 4.46. The van der Waals surface area contributed by atoms with Crippen LogP contribution in [0.5, 0.6) is 0 Å². The Morgan fingerprint density at radius 3 is 2.94 bits per heavy atom. The topological polar surface area (TPSA) is 46.2 Å². The molecule has 0 radical (unpaired) electrons. The number of rotatable bonds is 3. The van der Waals surface area contributed by atoms with Gasteiger partial charge in [0.2, 0.25) is 10.0 Å². The first-order valence-electron chi connectivity index (χ1n) is 5.58. The van der Waals surface area contributed by atoms with Crippen LogP contribution in [0.2, 0.25) is 0 Å². The zero-order valence-corrected chi connectivity index (χ0v) is 11.2. The molecule has 1 aromatic heterocycles. The van der Waals surface area contributed by atoms with Gasteiger partial charge in [0.25, 0.3) is 0 Å². The molecule has 16 heavy (non-hydrogen) atoms. The molecule has 1 heterocycles. The third-order valence-corrected chi connectivity index (χ3v) is 5.83. The molecule has 2 rings (SSSR count). The first kappa shape index (κ1) is 12.1. The molecular weight excluding hydrogens is 242 g/mol. The Balaban J connectivity index is 2.20. The van der Waals surface area contributed by atoms with E-state index in [0.717, 1.165) is 19.3 Å². The van der Waals surface area contributed by atoms with E-state index in [2.05, 4.69) is 4.72 Å². The molecular formula is C11H17NO2S2. The summed E-state index contributed by atoms with van der Waals surface area (Å²) in [6.45, 7) is 3.42. The number of hydrogen-bond donors (Lipinski definition) is 1. The van der Waals surface area contributed by atoms with Crippen molar-refractivity contribution in [3.63, 3.8) is 0 Å². The van der Waals surface area contributed by atoms with Crippen molar-refractivity contribution < 1.29 is 8.42 Å². The van der Waals surface area contributed by atoms with Crippen LogP contribution in [0.3, 0.4) is 0 Å². The van der Waals surface area contributed by atoms with Crippen molar-refractivity contribution in [1.29, 1.82) is 0 Å². The van der Waals surface area contributed by atoms with E-state index in [1.54, 1.807) is 25.2 Å². The minimum Gasteiger partial charge on any atom is -0.212 e. The molecule has 1 aromatic rings. The van der Waals surface area contributed by atoms with E-state index in [1.807, 2.05) is 11.4 Å². The Morgan fingerprint density at radius 2 is 2.25 bits per heavy atom. The minimum absolute atomic E-state index is 0.0117. The lowest BCUT2D eigenvalue weighted by Gasteiger charge is -2.24. The number of hydrogen-bond acceptors (Lipinski definition) is 3. The third-order valence-electron chi connectivity index (χ3n) is 2.98. The molecule has 0 amide bonds. The van der Waals surface area contributed by atoms with E-state index in [0.29, 0.717) is 0 Å². The van der Waals surface area contributed by atoms with Crippen molar-refractivity contribution in [1.82, 2.24) is 4.72 Å². The summed E-state index contributed by atoms with van der Waals surface area (Å²) in [5, 5.41) is 1.68. The monoisotopic (exact) mass is 259 g/mol. The maximum absolute atomic E-state index is 11.8. The van der Waals surface area contributed by atoms with Gasteiger partial charge in [-0.3, -0.25) is 0 Å². The van der Waals surface area contributed by atoms with Crippen molar-refractivity contribution in [2.75, 3.05) is 0 Å². The van der Waals surface area contributed by atoms with Crippen LogP contribution >= 0.6 is 11.3 Å². The fraction of sp³-hybridized carbons (Fsp3) is 0.636. The maximum atomic E-state index is 11.8. The largest absolute Gasteiger partial charge is 0.214 e. The van der Waals surface area contributed by atoms with Gasteiger partial charge in [0.05, 0.1) is 5.25 Å². The smallest absolute Gasteiger partial charge is 0.212 e. The molecule has 0 aliphatic heterocycles. The molecule has 0 saturated heterocycles. The summed E-state index contributed by atoms with van der Waals surface area (Å²) in [4.78, 5) is 1.34. The molecule has 90 valence electrons. The number of thiophene rings is 1. The number of nitrogens with one attached hydrogen (secondary N) is 1. The minimum atomic E-state index is -3.16. The van der Waals surface area contributed by atoms with E-state index in [-0.39, 0.29) is 11.3 Å². The van der Waals surface area contributed by atoms with E-state index in [1.165, 1.54) is 10.4 Å². The number of sulfonamides is 1. The Kier molecular flexibility index (Phi) is 3.37. The van der Waals surface area contributed by atoms with Crippen LogP contribution < -0.4 is 4.72 Å². The van der Waals surface area contributed by atoms with E-state index in [4.69, 9.17) is 0 Å². The fourth-order valence-electron chi connectivity index (χ4n) is 1.94. The van der Waals surface area contributed by atoms with Gasteiger partial charge in [0, 0.05) is 10.9 Å². The van der Waals surface area contributed by atoms with Crippen LogP contribution in [-0.2, 0) is 16.4 Å². The lowest BCUT2D eigenvalue weighted by molar-refractivity contribution is 0.506. The van der Waals surface area contributed by atoms with Crippen molar-refractivity contribution >= 4 is 21.4 Å². The first-order chi connectivity index (χ1) is 7.50. The molecule has 1 aliphatic rings. The summed E-state index contributed by atoms with van der Waals surface area (Å²) in [6, 6.07) is 2.04. The van der Waals surface area contributed by atoms with Crippen LogP contribution in [0.4, 0.5) is 0 Å². The van der Waals surface area contributed by atoms with Gasteiger partial charge in [0.1, 0.15) is 0 Å². The second kappa shape index (κ2) is 4.47. The summed E-state index contributed by atoms with van der Waals surface area (Å²) in [5.41, 5.74) is 1.18. The first-order valence-corrected chi connectivity index (χ1v) is 8.00. The highest BCUT2D eigenvalue weighted by molar-refractivity contribution is 7.90. The molecule has 1 atom stereocenters. The van der Waals surface area contributed by atoms with Crippen LogP contribution in [-0.4, -0.2) is 13.7 Å². The highest BCUT2D eigenvalue weighted by Crippen LogP contribution is 2.33. The predicted molar refractivity (Wildman–Crippen MR) is 67.2 cm³/mol. The summed E-state index contributed by atoms with van der Waals surface area (Å²) in [7, 11) is -3.16. The van der Waals surface area contributed by atoms with E-state index < -0.39 is 10.0 Å². The Morgan fingerprint density at radius 1 is 1.50 bits per heavy atom. The van der Waals surface area contributed by atoms with Gasteiger partial charge in [-0.05, 0) is 50.1 Å². The predicted octanol–water partition coefficient (Wildman–Crippen LogP) is 2.45. The number of fused-ring (bicyclic) bond motifs is 1. The summed E-state index contributed by atoms with van der Waals surface area (Å²) in [5.74, 6) is 0. The molecule has 0 fully saturated rings. The average molecular weight is 259 g/mol. The van der Waals surface area contributed by atoms with Crippen LogP contribution in [0.1, 0.15) is 43.2 Å². The molecule has 1 aliphatic carbocycles. The maximum Gasteiger partial charge on any atom is 0.214 e. The zero-order chi connectivity index (χ0) is 11.8. The zero-order valence-electron chi connectivity index (χ0n) is 9.56. The molecule has 1 N–H and O–H groups in total. The van der Waals surface area contributed by atoms with Gasteiger partial charge in [0.15, 0.2) is 0 Å². The highest BCUT2D eigenvalue weighted by atomic mass is 32.2. The number of aryl methyl sites for hydroxylation is 1. The SMILES string of the molecule is CC(C)S(=O)(=O)NC1CCCc2sccc21. The standard InChI is InChI=1S/C11H17NO2S2/c1-8(2)16(13,14)12-10-4-3-5-11-9(10)6-7-15-11/h6-8,10,12H,3-5H2,1-2H3. The van der Waals surface area contributed by atoms with Gasteiger partial charge in [-0.15, -0.1) is 11.3 Å². The lowest BCUT2D eigenvalue weighted by atomic mass is 9.95. The Bertz CT molecular complexity index is 462. The fourth-order valence-corrected chi connectivity index (χ4v) is 3.84. The van der Waals surface area contributed by atoms with Gasteiger partial charge in [-0.1, -0.05) is 0 Å². The third kappa shape index (κ3) is 2.31. The van der Waals surface area contributed by atoms with Crippen molar-refractivity contribution in [2.45, 2.75) is 44.4 Å². The second-order valence-corrected chi connectivity index (χ2v) is 7.72. The summed E-state index contributed by atoms with van der Waals surface area (Å²) in [6.07, 6.45) is 3.07. The molecule has 3 nitrogen and oxygen atoms in total. The molecule has 0 bridgehead atoms. The molecule has 5 heteroatoms. The molecule has 0 spiro atoms. The Hall–Kier alpha value is -0.390. The normalized spacial score (nSPS) is 21.1. The van der Waals surface area contributed by atoms with E-state index >= 15 is 0 Å². The summed E-state index contributed by atoms with van der Waals surface area (Å²) < 4.78 is 26.5. The van der Waals surface area contributed by atoms with Gasteiger partial charge in [-0.25, -0.2) is 13.1 Å².